The van der Waals surface area contributed by atoms with Crippen LogP contribution in [0.15, 0.2) is 29.3 Å². The Morgan fingerprint density at radius 1 is 1.42 bits per heavy atom. The highest BCUT2D eigenvalue weighted by molar-refractivity contribution is 5.94. The van der Waals surface area contributed by atoms with Crippen LogP contribution in [0, 0.1) is 0 Å². The fourth-order valence-corrected chi connectivity index (χ4v) is 1.22. The number of carbonyl (C=O) groups excluding carboxylic acids is 1. The van der Waals surface area contributed by atoms with Gasteiger partial charge in [0.1, 0.15) is 11.9 Å². The smallest absolute Gasteiger partial charge is 0.243 e. The highest BCUT2D eigenvalue weighted by Crippen LogP contribution is 2.16. The predicted octanol–water partition coefficient (Wildman–Crippen LogP) is 0.556. The van der Waals surface area contributed by atoms with Crippen molar-refractivity contribution in [1.82, 2.24) is 4.90 Å². The molecule has 6 nitrogen and oxygen atoms in total. The Labute approximate surface area is 112 Å². The molecule has 6 heteroatoms. The molecule has 0 saturated carbocycles. The van der Waals surface area contributed by atoms with E-state index in [0.29, 0.717) is 5.69 Å². The zero-order valence-electron chi connectivity index (χ0n) is 11.4. The Morgan fingerprint density at radius 2 is 2.00 bits per heavy atom. The predicted molar refractivity (Wildman–Crippen MR) is 76.6 cm³/mol. The van der Waals surface area contributed by atoms with Crippen LogP contribution in [0.25, 0.3) is 0 Å². The lowest BCUT2D eigenvalue weighted by atomic mass is 10.2. The van der Waals surface area contributed by atoms with E-state index in [9.17, 15) is 4.79 Å². The molecule has 104 valence electrons. The molecule has 19 heavy (non-hydrogen) atoms. The summed E-state index contributed by atoms with van der Waals surface area (Å²) < 4.78 is 0. The highest BCUT2D eigenvalue weighted by Gasteiger charge is 2.11. The summed E-state index contributed by atoms with van der Waals surface area (Å²) in [6.07, 6.45) is 0. The Hall–Kier alpha value is -1.92. The number of aliphatic hydroxyl groups is 1. The molecule has 0 aliphatic carbocycles. The first-order chi connectivity index (χ1) is 8.93. The molecule has 0 aromatic heterocycles. The Bertz CT molecular complexity index is 454. The van der Waals surface area contributed by atoms with Crippen molar-refractivity contribution in [3.05, 3.63) is 24.3 Å². The molecule has 1 amide bonds. The average molecular weight is 264 g/mol. The van der Waals surface area contributed by atoms with E-state index in [2.05, 4.69) is 10.3 Å². The Kier molecular flexibility index (Phi) is 5.47. The first-order valence-corrected chi connectivity index (χ1v) is 5.94. The van der Waals surface area contributed by atoms with Gasteiger partial charge in [0, 0.05) is 19.8 Å². The minimum absolute atomic E-state index is 0.379. The normalized spacial score (nSPS) is 13.0. The molecule has 0 radical (unpaired) electrons. The van der Waals surface area contributed by atoms with Crippen molar-refractivity contribution in [2.24, 2.45) is 10.7 Å². The molecule has 0 heterocycles. The van der Waals surface area contributed by atoms with Gasteiger partial charge >= 0.3 is 0 Å². The van der Waals surface area contributed by atoms with E-state index >= 15 is 0 Å². The summed E-state index contributed by atoms with van der Waals surface area (Å²) in [6.45, 7) is 1.53. The van der Waals surface area contributed by atoms with Gasteiger partial charge in [0.15, 0.2) is 0 Å². The second-order valence-corrected chi connectivity index (χ2v) is 4.38. The van der Waals surface area contributed by atoms with Crippen LogP contribution in [0.3, 0.4) is 0 Å². The van der Waals surface area contributed by atoms with Crippen molar-refractivity contribution < 1.29 is 9.90 Å². The topological polar surface area (TPSA) is 91.0 Å². The average Bonchev–Trinajstić information content (AvgIpc) is 2.39. The van der Waals surface area contributed by atoms with Gasteiger partial charge in [-0.1, -0.05) is 0 Å². The lowest BCUT2D eigenvalue weighted by Crippen LogP contribution is -2.38. The number of anilines is 1. The fraction of sp³-hybridized carbons (Fsp3) is 0.385. The molecule has 0 bridgehead atoms. The summed E-state index contributed by atoms with van der Waals surface area (Å²) in [7, 11) is 3.84. The summed E-state index contributed by atoms with van der Waals surface area (Å²) in [4.78, 5) is 17.8. The number of rotatable bonds is 4. The Morgan fingerprint density at radius 3 is 2.47 bits per heavy atom. The van der Waals surface area contributed by atoms with Gasteiger partial charge in [0.25, 0.3) is 0 Å². The summed E-state index contributed by atoms with van der Waals surface area (Å²) in [5.41, 5.74) is 6.83. The van der Waals surface area contributed by atoms with Crippen LogP contribution in [0.5, 0.6) is 0 Å². The van der Waals surface area contributed by atoms with Gasteiger partial charge < -0.3 is 21.1 Å². The van der Waals surface area contributed by atoms with E-state index < -0.39 is 11.9 Å². The Balaban J connectivity index is 2.72. The van der Waals surface area contributed by atoms with Crippen LogP contribution >= 0.6 is 0 Å². The second kappa shape index (κ2) is 6.86. The van der Waals surface area contributed by atoms with E-state index in [1.807, 2.05) is 25.9 Å². The lowest BCUT2D eigenvalue weighted by molar-refractivity contribution is -0.118. The van der Waals surface area contributed by atoms with Crippen molar-refractivity contribution in [2.45, 2.75) is 13.0 Å². The van der Waals surface area contributed by atoms with Gasteiger partial charge in [0.2, 0.25) is 5.91 Å². The van der Waals surface area contributed by atoms with Gasteiger partial charge in [-0.2, -0.15) is 0 Å². The third-order valence-electron chi connectivity index (χ3n) is 2.61. The SMILES string of the molecule is CC(=Nc1ccc(NC(=O)[C@H](N)CO)cc1)N(C)C. The number of carbonyl (C=O) groups is 1. The van der Waals surface area contributed by atoms with Gasteiger partial charge in [-0.05, 0) is 31.2 Å². The quantitative estimate of drug-likeness (QED) is 0.547. The van der Waals surface area contributed by atoms with Crippen LogP contribution in [0.2, 0.25) is 0 Å². The minimum Gasteiger partial charge on any atom is -0.394 e. The molecular formula is C13H20N4O2. The first kappa shape index (κ1) is 15.1. The zero-order chi connectivity index (χ0) is 14.4. The first-order valence-electron chi connectivity index (χ1n) is 5.94. The maximum atomic E-state index is 11.5. The van der Waals surface area contributed by atoms with E-state index in [1.165, 1.54) is 0 Å². The molecule has 0 spiro atoms. The number of amides is 1. The summed E-state index contributed by atoms with van der Waals surface area (Å²) in [6, 6.07) is 6.17. The largest absolute Gasteiger partial charge is 0.394 e. The van der Waals surface area contributed by atoms with Gasteiger partial charge in [-0.25, -0.2) is 4.99 Å². The lowest BCUT2D eigenvalue weighted by Gasteiger charge is -2.11. The van der Waals surface area contributed by atoms with Crippen molar-refractivity contribution >= 4 is 23.1 Å². The van der Waals surface area contributed by atoms with Crippen LogP contribution in [-0.4, -0.2) is 48.5 Å². The van der Waals surface area contributed by atoms with Gasteiger partial charge in [0.05, 0.1) is 12.3 Å². The summed E-state index contributed by atoms with van der Waals surface area (Å²) in [5.74, 6) is 0.474. The second-order valence-electron chi connectivity index (χ2n) is 4.38. The molecular weight excluding hydrogens is 244 g/mol. The molecule has 1 atom stereocenters. The van der Waals surface area contributed by atoms with Crippen molar-refractivity contribution in [3.63, 3.8) is 0 Å². The minimum atomic E-state index is -0.909. The van der Waals surface area contributed by atoms with Gasteiger partial charge in [-0.3, -0.25) is 4.79 Å². The molecule has 1 aromatic rings. The van der Waals surface area contributed by atoms with Crippen molar-refractivity contribution in [1.29, 1.82) is 0 Å². The van der Waals surface area contributed by atoms with Crippen LogP contribution in [0.1, 0.15) is 6.92 Å². The maximum Gasteiger partial charge on any atom is 0.243 e. The summed E-state index contributed by atoms with van der Waals surface area (Å²) >= 11 is 0. The van der Waals surface area contributed by atoms with Crippen LogP contribution in [0.4, 0.5) is 11.4 Å². The highest BCUT2D eigenvalue weighted by atomic mass is 16.3. The molecule has 1 rings (SSSR count). The van der Waals surface area contributed by atoms with Crippen molar-refractivity contribution in [3.8, 4) is 0 Å². The maximum absolute atomic E-state index is 11.5. The van der Waals surface area contributed by atoms with Gasteiger partial charge in [-0.15, -0.1) is 0 Å². The molecule has 0 unspecified atom stereocenters. The third-order valence-corrected chi connectivity index (χ3v) is 2.61. The summed E-state index contributed by atoms with van der Waals surface area (Å²) in [5, 5.41) is 11.4. The fourth-order valence-electron chi connectivity index (χ4n) is 1.22. The van der Waals surface area contributed by atoms with E-state index in [4.69, 9.17) is 10.8 Å². The number of aliphatic hydroxyl groups excluding tert-OH is 1. The number of nitrogens with one attached hydrogen (secondary N) is 1. The van der Waals surface area contributed by atoms with Crippen molar-refractivity contribution in [2.75, 3.05) is 26.0 Å². The van der Waals surface area contributed by atoms with E-state index in [1.54, 1.807) is 24.3 Å². The third kappa shape index (κ3) is 4.69. The number of amidine groups is 1. The zero-order valence-corrected chi connectivity index (χ0v) is 11.4. The van der Waals surface area contributed by atoms with E-state index in [0.717, 1.165) is 11.5 Å². The molecule has 0 aliphatic rings. The number of nitrogens with zero attached hydrogens (tertiary/aromatic N) is 2. The van der Waals surface area contributed by atoms with Crippen LogP contribution in [-0.2, 0) is 4.79 Å². The van der Waals surface area contributed by atoms with Crippen LogP contribution < -0.4 is 11.1 Å². The molecule has 0 saturated heterocycles. The number of aliphatic imine (C=N–C) groups is 1. The number of nitrogens with two attached hydrogens (primary N) is 1. The number of benzene rings is 1. The molecule has 0 fully saturated rings. The molecule has 1 aromatic carbocycles. The number of hydrogen-bond donors (Lipinski definition) is 3. The molecule has 0 aliphatic heterocycles. The monoisotopic (exact) mass is 264 g/mol. The molecule has 4 N–H and O–H groups in total. The van der Waals surface area contributed by atoms with E-state index in [-0.39, 0.29) is 6.61 Å². The standard InChI is InChI=1S/C13H20N4O2/c1-9(17(2)3)15-10-4-6-11(7-5-10)16-13(19)12(14)8-18/h4-7,12,18H,8,14H2,1-3H3,(H,16,19)/t12-/m1/s1. The number of hydrogen-bond acceptors (Lipinski definition) is 4.